The third-order valence-electron chi connectivity index (χ3n) is 2.33. The number of carboxylic acid groups (broad SMARTS) is 1. The van der Waals surface area contributed by atoms with E-state index in [-0.39, 0.29) is 19.5 Å². The molecule has 1 atom stereocenters. The largest absolute Gasteiger partial charge is 0.480 e. The van der Waals surface area contributed by atoms with Gasteiger partial charge in [-0.1, -0.05) is 13.8 Å². The van der Waals surface area contributed by atoms with E-state index in [9.17, 15) is 18.0 Å². The Balaban J connectivity index is 4.15. The van der Waals surface area contributed by atoms with E-state index < -0.39 is 24.7 Å². The van der Waals surface area contributed by atoms with Gasteiger partial charge < -0.3 is 10.4 Å². The molecule has 0 aromatic carbocycles. The summed E-state index contributed by atoms with van der Waals surface area (Å²) in [5.74, 6) is -1.03. The van der Waals surface area contributed by atoms with Crippen LogP contribution in [0.3, 0.4) is 0 Å². The van der Waals surface area contributed by atoms with Crippen LogP contribution in [0.1, 0.15) is 20.3 Å². The molecule has 4 nitrogen and oxygen atoms in total. The monoisotopic (exact) mass is 256 g/mol. The second-order valence-electron chi connectivity index (χ2n) is 3.72. The van der Waals surface area contributed by atoms with E-state index >= 15 is 0 Å². The van der Waals surface area contributed by atoms with E-state index in [0.717, 1.165) is 0 Å². The van der Waals surface area contributed by atoms with Crippen molar-refractivity contribution in [3.05, 3.63) is 0 Å². The Hall–Kier alpha value is -0.820. The van der Waals surface area contributed by atoms with E-state index in [4.69, 9.17) is 5.11 Å². The Bertz CT molecular complexity index is 234. The predicted molar refractivity (Wildman–Crippen MR) is 57.9 cm³/mol. The molecule has 17 heavy (non-hydrogen) atoms. The molecule has 0 aliphatic carbocycles. The lowest BCUT2D eigenvalue weighted by Crippen LogP contribution is -2.41. The maximum Gasteiger partial charge on any atom is 0.401 e. The first-order chi connectivity index (χ1) is 7.80. The molecule has 102 valence electrons. The number of nitrogens with one attached hydrogen (secondary N) is 1. The van der Waals surface area contributed by atoms with Crippen molar-refractivity contribution >= 4 is 5.97 Å². The van der Waals surface area contributed by atoms with Gasteiger partial charge in [-0.2, -0.15) is 13.2 Å². The topological polar surface area (TPSA) is 52.6 Å². The van der Waals surface area contributed by atoms with Gasteiger partial charge in [0.2, 0.25) is 0 Å². The minimum atomic E-state index is -4.24. The van der Waals surface area contributed by atoms with Crippen LogP contribution >= 0.6 is 0 Å². The fraction of sp³-hybridized carbons (Fsp3) is 0.900. The highest BCUT2D eigenvalue weighted by Gasteiger charge is 2.30. The van der Waals surface area contributed by atoms with Crippen molar-refractivity contribution < 1.29 is 23.1 Å². The first-order valence-corrected chi connectivity index (χ1v) is 5.55. The van der Waals surface area contributed by atoms with Crippen LogP contribution < -0.4 is 5.32 Å². The van der Waals surface area contributed by atoms with E-state index in [1.54, 1.807) is 13.8 Å². The van der Waals surface area contributed by atoms with E-state index in [0.29, 0.717) is 6.54 Å². The zero-order valence-corrected chi connectivity index (χ0v) is 10.0. The number of alkyl halides is 3. The third-order valence-corrected chi connectivity index (χ3v) is 2.33. The molecule has 0 rings (SSSR count). The Labute approximate surface area is 98.8 Å². The van der Waals surface area contributed by atoms with Gasteiger partial charge in [-0.25, -0.2) is 0 Å². The molecular weight excluding hydrogens is 237 g/mol. The van der Waals surface area contributed by atoms with Crippen molar-refractivity contribution in [2.45, 2.75) is 32.5 Å². The molecular formula is C10H19F3N2O2. The summed E-state index contributed by atoms with van der Waals surface area (Å²) >= 11 is 0. The summed E-state index contributed by atoms with van der Waals surface area (Å²) in [6, 6.07) is -0.790. The van der Waals surface area contributed by atoms with Gasteiger partial charge in [-0.3, -0.25) is 9.69 Å². The lowest BCUT2D eigenvalue weighted by molar-refractivity contribution is -0.146. The smallest absolute Gasteiger partial charge is 0.401 e. The quantitative estimate of drug-likeness (QED) is 0.688. The van der Waals surface area contributed by atoms with Gasteiger partial charge in [0.25, 0.3) is 0 Å². The Morgan fingerprint density at radius 2 is 2.00 bits per heavy atom. The lowest BCUT2D eigenvalue weighted by atomic mass is 10.2. The molecule has 0 saturated heterocycles. The maximum atomic E-state index is 12.2. The highest BCUT2D eigenvalue weighted by atomic mass is 19.4. The molecule has 0 spiro atoms. The molecule has 0 saturated carbocycles. The van der Waals surface area contributed by atoms with Crippen molar-refractivity contribution in [3.8, 4) is 0 Å². The van der Waals surface area contributed by atoms with Gasteiger partial charge in [0.1, 0.15) is 6.04 Å². The minimum absolute atomic E-state index is 0.111. The third kappa shape index (κ3) is 7.98. The fourth-order valence-electron chi connectivity index (χ4n) is 1.47. The molecule has 0 aromatic rings. The van der Waals surface area contributed by atoms with E-state index in [2.05, 4.69) is 5.32 Å². The normalized spacial score (nSPS) is 14.0. The summed E-state index contributed by atoms with van der Waals surface area (Å²) in [5.41, 5.74) is 0. The Kier molecular flexibility index (Phi) is 7.13. The summed E-state index contributed by atoms with van der Waals surface area (Å²) in [6.07, 6.45) is -4.08. The zero-order chi connectivity index (χ0) is 13.5. The van der Waals surface area contributed by atoms with Gasteiger partial charge in [0, 0.05) is 6.54 Å². The van der Waals surface area contributed by atoms with Crippen molar-refractivity contribution in [2.75, 3.05) is 26.2 Å². The highest BCUT2D eigenvalue weighted by Crippen LogP contribution is 2.16. The van der Waals surface area contributed by atoms with Crippen molar-refractivity contribution in [3.63, 3.8) is 0 Å². The van der Waals surface area contributed by atoms with Gasteiger partial charge in [-0.15, -0.1) is 0 Å². The number of halogens is 3. The van der Waals surface area contributed by atoms with Crippen LogP contribution in [-0.2, 0) is 4.79 Å². The standard InChI is InChI=1S/C10H19F3N2O2/c1-3-14-8(9(16)17)5-6-15(4-2)7-10(11,12)13/h8,14H,3-7H2,1-2H3,(H,16,17). The van der Waals surface area contributed by atoms with Crippen LogP contribution in [0.4, 0.5) is 13.2 Å². The second kappa shape index (κ2) is 7.50. The van der Waals surface area contributed by atoms with Crippen molar-refractivity contribution in [1.29, 1.82) is 0 Å². The minimum Gasteiger partial charge on any atom is -0.480 e. The number of carboxylic acids is 1. The summed E-state index contributed by atoms with van der Waals surface area (Å²) in [5, 5.41) is 11.5. The summed E-state index contributed by atoms with van der Waals surface area (Å²) in [6.45, 7) is 3.21. The SMILES string of the molecule is CCNC(CCN(CC)CC(F)(F)F)C(=O)O. The number of carbonyl (C=O) groups is 1. The van der Waals surface area contributed by atoms with Crippen LogP contribution in [0.15, 0.2) is 0 Å². The van der Waals surface area contributed by atoms with Crippen LogP contribution in [0, 0.1) is 0 Å². The number of hydrogen-bond acceptors (Lipinski definition) is 3. The zero-order valence-electron chi connectivity index (χ0n) is 10.0. The molecule has 2 N–H and O–H groups in total. The number of rotatable bonds is 8. The van der Waals surface area contributed by atoms with Crippen molar-refractivity contribution in [2.24, 2.45) is 0 Å². The van der Waals surface area contributed by atoms with Crippen LogP contribution in [0.2, 0.25) is 0 Å². The Morgan fingerprint density at radius 3 is 2.35 bits per heavy atom. The number of hydrogen-bond donors (Lipinski definition) is 2. The Morgan fingerprint density at radius 1 is 1.41 bits per heavy atom. The van der Waals surface area contributed by atoms with Gasteiger partial charge in [0.05, 0.1) is 6.54 Å². The molecule has 0 aliphatic heterocycles. The first kappa shape index (κ1) is 16.2. The second-order valence-corrected chi connectivity index (χ2v) is 3.72. The summed E-state index contributed by atoms with van der Waals surface area (Å²) in [7, 11) is 0. The lowest BCUT2D eigenvalue weighted by Gasteiger charge is -2.23. The van der Waals surface area contributed by atoms with Crippen LogP contribution in [-0.4, -0.2) is 54.4 Å². The molecule has 0 radical (unpaired) electrons. The van der Waals surface area contributed by atoms with Crippen LogP contribution in [0.5, 0.6) is 0 Å². The highest BCUT2D eigenvalue weighted by molar-refractivity contribution is 5.73. The first-order valence-electron chi connectivity index (χ1n) is 5.55. The summed E-state index contributed by atoms with van der Waals surface area (Å²) in [4.78, 5) is 12.0. The molecule has 0 bridgehead atoms. The molecule has 0 aliphatic rings. The molecule has 0 fully saturated rings. The molecule has 0 heterocycles. The molecule has 0 aromatic heterocycles. The molecule has 1 unspecified atom stereocenters. The fourth-order valence-corrected chi connectivity index (χ4v) is 1.47. The number of likely N-dealkylation sites (N-methyl/N-ethyl adjacent to an activating group) is 1. The average Bonchev–Trinajstić information content (AvgIpc) is 2.20. The van der Waals surface area contributed by atoms with Gasteiger partial charge in [0.15, 0.2) is 0 Å². The van der Waals surface area contributed by atoms with Crippen LogP contribution in [0.25, 0.3) is 0 Å². The number of aliphatic carboxylic acids is 1. The van der Waals surface area contributed by atoms with Gasteiger partial charge >= 0.3 is 12.1 Å². The predicted octanol–water partition coefficient (Wildman–Crippen LogP) is 1.32. The van der Waals surface area contributed by atoms with E-state index in [1.165, 1.54) is 4.90 Å². The number of nitrogens with zero attached hydrogens (tertiary/aromatic N) is 1. The average molecular weight is 256 g/mol. The maximum absolute atomic E-state index is 12.2. The van der Waals surface area contributed by atoms with Crippen molar-refractivity contribution in [1.82, 2.24) is 10.2 Å². The van der Waals surface area contributed by atoms with E-state index in [1.807, 2.05) is 0 Å². The molecule has 0 amide bonds. The van der Waals surface area contributed by atoms with Gasteiger partial charge in [-0.05, 0) is 19.5 Å². The molecule has 7 heteroatoms. The summed E-state index contributed by atoms with van der Waals surface area (Å²) < 4.78 is 36.5.